The van der Waals surface area contributed by atoms with Crippen LogP contribution in [0.4, 0.5) is 5.69 Å². The van der Waals surface area contributed by atoms with Crippen molar-refractivity contribution in [3.63, 3.8) is 0 Å². The number of anilines is 1. The summed E-state index contributed by atoms with van der Waals surface area (Å²) in [6.45, 7) is 0.628. The van der Waals surface area contributed by atoms with Crippen molar-refractivity contribution in [2.24, 2.45) is 5.73 Å². The molecular weight excluding hydrogens is 248 g/mol. The fourth-order valence-electron chi connectivity index (χ4n) is 1.51. The SMILES string of the molecule is COCCCC(N)C(=O)Nc1cccc(SC)c1. The zero-order valence-electron chi connectivity index (χ0n) is 10.8. The Labute approximate surface area is 112 Å². The third-order valence-corrected chi connectivity index (χ3v) is 3.26. The largest absolute Gasteiger partial charge is 0.385 e. The van der Waals surface area contributed by atoms with Gasteiger partial charge in [0.05, 0.1) is 6.04 Å². The van der Waals surface area contributed by atoms with Crippen LogP contribution in [0.3, 0.4) is 0 Å². The molecule has 0 saturated heterocycles. The Morgan fingerprint density at radius 3 is 3.00 bits per heavy atom. The number of amides is 1. The van der Waals surface area contributed by atoms with E-state index in [1.165, 1.54) is 0 Å². The number of carbonyl (C=O) groups is 1. The predicted octanol–water partition coefficient (Wildman–Crippen LogP) is 2.10. The van der Waals surface area contributed by atoms with Crippen molar-refractivity contribution in [3.8, 4) is 0 Å². The Balaban J connectivity index is 2.47. The highest BCUT2D eigenvalue weighted by Crippen LogP contribution is 2.19. The highest BCUT2D eigenvalue weighted by molar-refractivity contribution is 7.98. The number of thioether (sulfide) groups is 1. The molecular formula is C13H20N2O2S. The number of benzene rings is 1. The highest BCUT2D eigenvalue weighted by Gasteiger charge is 2.13. The minimum Gasteiger partial charge on any atom is -0.385 e. The van der Waals surface area contributed by atoms with Crippen molar-refractivity contribution in [1.29, 1.82) is 0 Å². The quantitative estimate of drug-likeness (QED) is 0.587. The van der Waals surface area contributed by atoms with Crippen LogP contribution in [0.5, 0.6) is 0 Å². The van der Waals surface area contributed by atoms with E-state index in [0.29, 0.717) is 13.0 Å². The predicted molar refractivity (Wildman–Crippen MR) is 75.9 cm³/mol. The minimum atomic E-state index is -0.488. The summed E-state index contributed by atoms with van der Waals surface area (Å²) < 4.78 is 4.93. The molecule has 0 heterocycles. The zero-order valence-corrected chi connectivity index (χ0v) is 11.6. The molecule has 1 aromatic rings. The number of ether oxygens (including phenoxy) is 1. The van der Waals surface area contributed by atoms with Gasteiger partial charge in [0, 0.05) is 24.3 Å². The number of hydrogen-bond donors (Lipinski definition) is 2. The summed E-state index contributed by atoms with van der Waals surface area (Å²) in [4.78, 5) is 12.9. The number of rotatable bonds is 7. The van der Waals surface area contributed by atoms with Crippen molar-refractivity contribution in [1.82, 2.24) is 0 Å². The molecule has 0 aliphatic carbocycles. The lowest BCUT2D eigenvalue weighted by molar-refractivity contribution is -0.117. The van der Waals surface area contributed by atoms with Crippen LogP contribution < -0.4 is 11.1 Å². The number of nitrogens with one attached hydrogen (secondary N) is 1. The van der Waals surface area contributed by atoms with E-state index in [1.54, 1.807) is 18.9 Å². The Hall–Kier alpha value is -1.04. The molecule has 1 rings (SSSR count). The molecule has 0 bridgehead atoms. The van der Waals surface area contributed by atoms with Crippen LogP contribution >= 0.6 is 11.8 Å². The molecule has 0 spiro atoms. The summed E-state index contributed by atoms with van der Waals surface area (Å²) in [7, 11) is 1.64. The Bertz CT molecular complexity index is 385. The molecule has 0 radical (unpaired) electrons. The van der Waals surface area contributed by atoms with Crippen LogP contribution in [0.1, 0.15) is 12.8 Å². The number of nitrogens with two attached hydrogens (primary N) is 1. The summed E-state index contributed by atoms with van der Waals surface area (Å²) in [5.41, 5.74) is 6.59. The summed E-state index contributed by atoms with van der Waals surface area (Å²) in [5, 5.41) is 2.83. The number of carbonyl (C=O) groups excluding carboxylic acids is 1. The fourth-order valence-corrected chi connectivity index (χ4v) is 1.97. The molecule has 100 valence electrons. The lowest BCUT2D eigenvalue weighted by Gasteiger charge is -2.12. The average molecular weight is 268 g/mol. The van der Waals surface area contributed by atoms with E-state index in [9.17, 15) is 4.79 Å². The molecule has 18 heavy (non-hydrogen) atoms. The second-order valence-electron chi connectivity index (χ2n) is 3.96. The highest BCUT2D eigenvalue weighted by atomic mass is 32.2. The van der Waals surface area contributed by atoms with Gasteiger partial charge in [-0.25, -0.2) is 0 Å². The van der Waals surface area contributed by atoms with Gasteiger partial charge in [-0.05, 0) is 37.3 Å². The first-order chi connectivity index (χ1) is 8.67. The third-order valence-electron chi connectivity index (χ3n) is 2.54. The third kappa shape index (κ3) is 5.08. The molecule has 1 atom stereocenters. The van der Waals surface area contributed by atoms with E-state index in [0.717, 1.165) is 17.0 Å². The van der Waals surface area contributed by atoms with Crippen LogP contribution in [-0.4, -0.2) is 31.9 Å². The van der Waals surface area contributed by atoms with Crippen LogP contribution in [0.2, 0.25) is 0 Å². The van der Waals surface area contributed by atoms with Crippen LogP contribution in [0.25, 0.3) is 0 Å². The van der Waals surface area contributed by atoms with Gasteiger partial charge in [-0.15, -0.1) is 11.8 Å². The molecule has 5 heteroatoms. The number of hydrogen-bond acceptors (Lipinski definition) is 4. The first-order valence-corrected chi connectivity index (χ1v) is 7.09. The standard InChI is InChI=1S/C13H20N2O2S/c1-17-8-4-7-12(14)13(16)15-10-5-3-6-11(9-10)18-2/h3,5-6,9,12H,4,7-8,14H2,1-2H3,(H,15,16). The molecule has 3 N–H and O–H groups in total. The van der Waals surface area contributed by atoms with E-state index in [2.05, 4.69) is 5.32 Å². The normalized spacial score (nSPS) is 12.2. The maximum atomic E-state index is 11.8. The summed E-state index contributed by atoms with van der Waals surface area (Å²) in [6, 6.07) is 7.22. The van der Waals surface area contributed by atoms with Gasteiger partial charge in [-0.3, -0.25) is 4.79 Å². The van der Waals surface area contributed by atoms with Crippen molar-refractivity contribution in [3.05, 3.63) is 24.3 Å². The van der Waals surface area contributed by atoms with E-state index < -0.39 is 6.04 Å². The van der Waals surface area contributed by atoms with Gasteiger partial charge in [0.1, 0.15) is 0 Å². The van der Waals surface area contributed by atoms with E-state index in [1.807, 2.05) is 30.5 Å². The summed E-state index contributed by atoms with van der Waals surface area (Å²) in [6.07, 6.45) is 3.41. The molecule has 4 nitrogen and oxygen atoms in total. The molecule has 0 aliphatic heterocycles. The Morgan fingerprint density at radius 1 is 1.56 bits per heavy atom. The number of methoxy groups -OCH3 is 1. The second-order valence-corrected chi connectivity index (χ2v) is 4.84. The summed E-state index contributed by atoms with van der Waals surface area (Å²) in [5.74, 6) is -0.149. The Morgan fingerprint density at radius 2 is 2.33 bits per heavy atom. The molecule has 0 aliphatic rings. The lowest BCUT2D eigenvalue weighted by Crippen LogP contribution is -2.35. The van der Waals surface area contributed by atoms with E-state index in [4.69, 9.17) is 10.5 Å². The van der Waals surface area contributed by atoms with E-state index >= 15 is 0 Å². The maximum Gasteiger partial charge on any atom is 0.241 e. The lowest BCUT2D eigenvalue weighted by atomic mass is 10.1. The van der Waals surface area contributed by atoms with Crippen molar-refractivity contribution >= 4 is 23.4 Å². The van der Waals surface area contributed by atoms with Crippen molar-refractivity contribution in [2.75, 3.05) is 25.3 Å². The first kappa shape index (κ1) is 15.0. The van der Waals surface area contributed by atoms with Gasteiger partial charge in [-0.1, -0.05) is 6.07 Å². The Kier molecular flexibility index (Phi) is 6.78. The smallest absolute Gasteiger partial charge is 0.241 e. The van der Waals surface area contributed by atoms with Gasteiger partial charge in [-0.2, -0.15) is 0 Å². The van der Waals surface area contributed by atoms with Gasteiger partial charge in [0.15, 0.2) is 0 Å². The summed E-state index contributed by atoms with van der Waals surface area (Å²) >= 11 is 1.64. The second kappa shape index (κ2) is 8.13. The topological polar surface area (TPSA) is 64.3 Å². The molecule has 0 aromatic heterocycles. The minimum absolute atomic E-state index is 0.149. The monoisotopic (exact) mass is 268 g/mol. The fraction of sp³-hybridized carbons (Fsp3) is 0.462. The van der Waals surface area contributed by atoms with Crippen LogP contribution in [-0.2, 0) is 9.53 Å². The van der Waals surface area contributed by atoms with Crippen molar-refractivity contribution in [2.45, 2.75) is 23.8 Å². The van der Waals surface area contributed by atoms with E-state index in [-0.39, 0.29) is 5.91 Å². The average Bonchev–Trinajstić information content (AvgIpc) is 2.39. The molecule has 0 saturated carbocycles. The first-order valence-electron chi connectivity index (χ1n) is 5.87. The molecule has 1 amide bonds. The van der Waals surface area contributed by atoms with Gasteiger partial charge >= 0.3 is 0 Å². The van der Waals surface area contributed by atoms with Gasteiger partial charge < -0.3 is 15.8 Å². The van der Waals surface area contributed by atoms with Gasteiger partial charge in [0.2, 0.25) is 5.91 Å². The van der Waals surface area contributed by atoms with Gasteiger partial charge in [0.25, 0.3) is 0 Å². The van der Waals surface area contributed by atoms with Crippen molar-refractivity contribution < 1.29 is 9.53 Å². The zero-order chi connectivity index (χ0) is 13.4. The van der Waals surface area contributed by atoms with Crippen LogP contribution in [0.15, 0.2) is 29.2 Å². The molecule has 1 unspecified atom stereocenters. The molecule has 0 fully saturated rings. The molecule has 1 aromatic carbocycles. The maximum absolute atomic E-state index is 11.8. The van der Waals surface area contributed by atoms with Crippen LogP contribution in [0, 0.1) is 0 Å².